The predicted molar refractivity (Wildman–Crippen MR) is 81.4 cm³/mol. The summed E-state index contributed by atoms with van der Waals surface area (Å²) >= 11 is 0. The maximum absolute atomic E-state index is 12.5. The van der Waals surface area contributed by atoms with Crippen molar-refractivity contribution in [3.63, 3.8) is 0 Å². The second kappa shape index (κ2) is 5.68. The first-order valence-corrected chi connectivity index (χ1v) is 8.18. The second-order valence-corrected chi connectivity index (χ2v) is 7.42. The van der Waals surface area contributed by atoms with Gasteiger partial charge < -0.3 is 10.5 Å². The van der Waals surface area contributed by atoms with Crippen LogP contribution in [0.5, 0.6) is 5.75 Å². The summed E-state index contributed by atoms with van der Waals surface area (Å²) in [7, 11) is -2.19. The summed E-state index contributed by atoms with van der Waals surface area (Å²) in [5.74, 6) is 5.84. The smallest absolute Gasteiger partial charge is 0.244 e. The molecule has 1 saturated carbocycles. The molecule has 1 fully saturated rings. The van der Waals surface area contributed by atoms with E-state index in [2.05, 4.69) is 16.6 Å². The summed E-state index contributed by atoms with van der Waals surface area (Å²) in [6, 6.07) is 4.79. The Morgan fingerprint density at radius 1 is 1.48 bits per heavy atom. The highest BCUT2D eigenvalue weighted by atomic mass is 32.2. The molecule has 114 valence electrons. The largest absolute Gasteiger partial charge is 0.495 e. The zero-order chi connectivity index (χ0) is 15.7. The maximum Gasteiger partial charge on any atom is 0.244 e. The molecule has 1 atom stereocenters. The summed E-state index contributed by atoms with van der Waals surface area (Å²) in [6.45, 7) is 4.28. The van der Waals surface area contributed by atoms with Crippen molar-refractivity contribution in [1.29, 1.82) is 0 Å². The number of methoxy groups -OCH3 is 1. The Kier molecular flexibility index (Phi) is 4.28. The molecule has 0 aromatic heterocycles. The molecule has 5 nitrogen and oxygen atoms in total. The normalized spacial score (nSPS) is 19.5. The Hall–Kier alpha value is -1.55. The lowest BCUT2D eigenvalue weighted by Crippen LogP contribution is -2.29. The van der Waals surface area contributed by atoms with Crippen LogP contribution < -0.4 is 15.2 Å². The molecule has 0 bridgehead atoms. The van der Waals surface area contributed by atoms with Crippen LogP contribution in [0.15, 0.2) is 23.1 Å². The van der Waals surface area contributed by atoms with Gasteiger partial charge in [-0.05, 0) is 30.0 Å². The second-order valence-electron chi connectivity index (χ2n) is 5.74. The molecule has 1 aliphatic carbocycles. The van der Waals surface area contributed by atoms with Crippen molar-refractivity contribution in [2.24, 2.45) is 11.1 Å². The van der Waals surface area contributed by atoms with Gasteiger partial charge in [-0.3, -0.25) is 0 Å². The van der Waals surface area contributed by atoms with Crippen molar-refractivity contribution in [2.45, 2.75) is 31.2 Å². The average molecular weight is 308 g/mol. The van der Waals surface area contributed by atoms with Crippen LogP contribution in [0.2, 0.25) is 0 Å². The molecule has 0 radical (unpaired) electrons. The number of ether oxygens (including phenoxy) is 1. The molecule has 3 N–H and O–H groups in total. The Bertz CT molecular complexity index is 699. The molecule has 1 aromatic carbocycles. The molecule has 0 spiro atoms. The van der Waals surface area contributed by atoms with Crippen molar-refractivity contribution < 1.29 is 13.2 Å². The van der Waals surface area contributed by atoms with Crippen LogP contribution in [0, 0.1) is 17.3 Å². The van der Waals surface area contributed by atoms with E-state index in [1.165, 1.54) is 13.2 Å². The van der Waals surface area contributed by atoms with E-state index in [0.29, 0.717) is 11.3 Å². The number of hydrogen-bond acceptors (Lipinski definition) is 4. The number of sulfonamides is 1. The molecule has 21 heavy (non-hydrogen) atoms. The number of nitrogens with one attached hydrogen (secondary N) is 1. The van der Waals surface area contributed by atoms with Gasteiger partial charge in [0, 0.05) is 11.6 Å². The molecular formula is C15H20N2O3S. The van der Waals surface area contributed by atoms with Gasteiger partial charge in [0.2, 0.25) is 10.0 Å². The van der Waals surface area contributed by atoms with Crippen LogP contribution in [0.3, 0.4) is 0 Å². The fourth-order valence-electron chi connectivity index (χ4n) is 2.04. The molecule has 1 aliphatic rings. The Morgan fingerprint density at radius 3 is 2.67 bits per heavy atom. The lowest BCUT2D eigenvalue weighted by molar-refractivity contribution is 0.402. The molecule has 0 amide bonds. The van der Waals surface area contributed by atoms with E-state index in [1.54, 1.807) is 12.1 Å². The third kappa shape index (κ3) is 3.56. The molecule has 6 heteroatoms. The summed E-state index contributed by atoms with van der Waals surface area (Å²) in [4.78, 5) is 0.108. The van der Waals surface area contributed by atoms with Crippen LogP contribution >= 0.6 is 0 Å². The van der Waals surface area contributed by atoms with Crippen LogP contribution in [0.25, 0.3) is 0 Å². The number of hydrogen-bond donors (Lipinski definition) is 2. The third-order valence-electron chi connectivity index (χ3n) is 3.60. The quantitative estimate of drug-likeness (QED) is 0.816. The number of rotatable bonds is 4. The van der Waals surface area contributed by atoms with E-state index in [0.717, 1.165) is 6.42 Å². The Balaban J connectivity index is 2.36. The first-order valence-electron chi connectivity index (χ1n) is 6.69. The standard InChI is InChI=1S/C15H20N2O3S/c1-15(2)10-14(15)17-21(18,19)13-9-11(5-4-8-16)6-7-12(13)20-3/h6-7,9,14,17H,8,10,16H2,1-3H3. The Morgan fingerprint density at radius 2 is 2.14 bits per heavy atom. The minimum Gasteiger partial charge on any atom is -0.495 e. The van der Waals surface area contributed by atoms with Crippen LogP contribution in [0.4, 0.5) is 0 Å². The summed E-state index contributed by atoms with van der Waals surface area (Å²) < 4.78 is 32.9. The van der Waals surface area contributed by atoms with Crippen LogP contribution in [-0.2, 0) is 10.0 Å². The van der Waals surface area contributed by atoms with Gasteiger partial charge in [0.15, 0.2) is 0 Å². The van der Waals surface area contributed by atoms with E-state index in [1.807, 2.05) is 13.8 Å². The minimum atomic E-state index is -3.63. The zero-order valence-corrected chi connectivity index (χ0v) is 13.3. The predicted octanol–water partition coefficient (Wildman–Crippen LogP) is 1.08. The Labute approximate surface area is 125 Å². The molecule has 1 unspecified atom stereocenters. The highest BCUT2D eigenvalue weighted by Crippen LogP contribution is 2.45. The average Bonchev–Trinajstić information content (AvgIpc) is 3.01. The van der Waals surface area contributed by atoms with Gasteiger partial charge in [0.1, 0.15) is 10.6 Å². The van der Waals surface area contributed by atoms with E-state index in [9.17, 15) is 8.42 Å². The molecule has 2 rings (SSSR count). The lowest BCUT2D eigenvalue weighted by atomic mass is 10.2. The van der Waals surface area contributed by atoms with Crippen molar-refractivity contribution in [2.75, 3.05) is 13.7 Å². The topological polar surface area (TPSA) is 81.4 Å². The van der Waals surface area contributed by atoms with E-state index in [4.69, 9.17) is 10.5 Å². The van der Waals surface area contributed by atoms with Gasteiger partial charge in [0.25, 0.3) is 0 Å². The maximum atomic E-state index is 12.5. The first kappa shape index (κ1) is 15.8. The molecule has 0 aliphatic heterocycles. The van der Waals surface area contributed by atoms with Gasteiger partial charge in [-0.25, -0.2) is 13.1 Å². The van der Waals surface area contributed by atoms with Crippen LogP contribution in [0.1, 0.15) is 25.8 Å². The SMILES string of the molecule is COc1ccc(C#CCN)cc1S(=O)(=O)NC1CC1(C)C. The van der Waals surface area contributed by atoms with E-state index >= 15 is 0 Å². The van der Waals surface area contributed by atoms with Crippen molar-refractivity contribution in [1.82, 2.24) is 4.72 Å². The van der Waals surface area contributed by atoms with Crippen molar-refractivity contribution in [3.8, 4) is 17.6 Å². The zero-order valence-electron chi connectivity index (χ0n) is 12.4. The van der Waals surface area contributed by atoms with E-state index < -0.39 is 10.0 Å². The third-order valence-corrected chi connectivity index (χ3v) is 5.09. The highest BCUT2D eigenvalue weighted by Gasteiger charge is 2.48. The van der Waals surface area contributed by atoms with Crippen LogP contribution in [-0.4, -0.2) is 28.1 Å². The molecule has 0 heterocycles. The highest BCUT2D eigenvalue weighted by molar-refractivity contribution is 7.89. The lowest BCUT2D eigenvalue weighted by Gasteiger charge is -2.12. The summed E-state index contributed by atoms with van der Waals surface area (Å²) in [5, 5.41) is 0. The number of nitrogens with two attached hydrogens (primary N) is 1. The number of benzene rings is 1. The first-order chi connectivity index (χ1) is 9.80. The van der Waals surface area contributed by atoms with Gasteiger partial charge in [-0.15, -0.1) is 0 Å². The summed E-state index contributed by atoms with van der Waals surface area (Å²) in [6.07, 6.45) is 0.835. The van der Waals surface area contributed by atoms with Gasteiger partial charge in [-0.1, -0.05) is 25.7 Å². The van der Waals surface area contributed by atoms with E-state index in [-0.39, 0.29) is 22.9 Å². The molecule has 0 saturated heterocycles. The fraction of sp³-hybridized carbons (Fsp3) is 0.467. The van der Waals surface area contributed by atoms with Gasteiger partial charge >= 0.3 is 0 Å². The van der Waals surface area contributed by atoms with Gasteiger partial charge in [0.05, 0.1) is 13.7 Å². The van der Waals surface area contributed by atoms with Crippen molar-refractivity contribution in [3.05, 3.63) is 23.8 Å². The monoisotopic (exact) mass is 308 g/mol. The fourth-order valence-corrected chi connectivity index (χ4v) is 3.64. The molecular weight excluding hydrogens is 288 g/mol. The molecule has 1 aromatic rings. The van der Waals surface area contributed by atoms with Crippen molar-refractivity contribution >= 4 is 10.0 Å². The minimum absolute atomic E-state index is 0.0112. The van der Waals surface area contributed by atoms with Gasteiger partial charge in [-0.2, -0.15) is 0 Å². The summed E-state index contributed by atoms with van der Waals surface area (Å²) in [5.41, 5.74) is 5.94.